The van der Waals surface area contributed by atoms with Crippen LogP contribution in [0.2, 0.25) is 5.02 Å². The molecule has 0 aliphatic rings. The van der Waals surface area contributed by atoms with E-state index < -0.39 is 0 Å². The average molecular weight is 375 g/mol. The molecule has 130 valence electrons. The smallest absolute Gasteiger partial charge is 0.161 e. The van der Waals surface area contributed by atoms with E-state index in [1.165, 1.54) is 0 Å². The normalized spacial score (nSPS) is 10.7. The molecule has 0 radical (unpaired) electrons. The highest BCUT2D eigenvalue weighted by molar-refractivity contribution is 7.15. The standard InChI is InChI=1S/C19H19ClN2O2S/c1-23-16-8-7-13(9-17(16)24-2)10-21-12-19-22-11-18(25-19)14-5-3-4-6-15(14)20/h3-9,11,21H,10,12H2,1-2H3. The lowest BCUT2D eigenvalue weighted by Gasteiger charge is -2.09. The van der Waals surface area contributed by atoms with E-state index in [0.29, 0.717) is 6.54 Å². The van der Waals surface area contributed by atoms with E-state index in [-0.39, 0.29) is 0 Å². The van der Waals surface area contributed by atoms with Gasteiger partial charge in [-0.15, -0.1) is 11.3 Å². The van der Waals surface area contributed by atoms with E-state index in [2.05, 4.69) is 10.3 Å². The minimum Gasteiger partial charge on any atom is -0.493 e. The molecule has 0 fully saturated rings. The Bertz CT molecular complexity index is 851. The zero-order valence-corrected chi connectivity index (χ0v) is 15.7. The Labute approximate surface area is 156 Å². The van der Waals surface area contributed by atoms with Gasteiger partial charge in [-0.05, 0) is 23.8 Å². The summed E-state index contributed by atoms with van der Waals surface area (Å²) in [5, 5.41) is 5.17. The topological polar surface area (TPSA) is 43.4 Å². The lowest BCUT2D eigenvalue weighted by atomic mass is 10.2. The molecule has 0 saturated carbocycles. The third kappa shape index (κ3) is 4.31. The molecule has 3 aromatic rings. The first-order valence-corrected chi connectivity index (χ1v) is 9.02. The lowest BCUT2D eigenvalue weighted by molar-refractivity contribution is 0.354. The summed E-state index contributed by atoms with van der Waals surface area (Å²) in [5.41, 5.74) is 2.15. The summed E-state index contributed by atoms with van der Waals surface area (Å²) < 4.78 is 10.6. The SMILES string of the molecule is COc1ccc(CNCc2ncc(-c3ccccc3Cl)s2)cc1OC. The van der Waals surface area contributed by atoms with Crippen LogP contribution in [-0.4, -0.2) is 19.2 Å². The van der Waals surface area contributed by atoms with E-state index in [0.717, 1.165) is 44.1 Å². The minimum absolute atomic E-state index is 0.698. The summed E-state index contributed by atoms with van der Waals surface area (Å²) in [6.45, 7) is 1.42. The van der Waals surface area contributed by atoms with Crippen LogP contribution in [0.1, 0.15) is 10.6 Å². The number of methoxy groups -OCH3 is 2. The van der Waals surface area contributed by atoms with Crippen molar-refractivity contribution in [3.8, 4) is 21.9 Å². The van der Waals surface area contributed by atoms with Crippen LogP contribution in [0.4, 0.5) is 0 Å². The molecule has 0 saturated heterocycles. The van der Waals surface area contributed by atoms with Crippen LogP contribution < -0.4 is 14.8 Å². The number of benzene rings is 2. The summed E-state index contributed by atoms with van der Waals surface area (Å²) >= 11 is 7.89. The fourth-order valence-corrected chi connectivity index (χ4v) is 3.70. The van der Waals surface area contributed by atoms with Crippen molar-refractivity contribution in [2.45, 2.75) is 13.1 Å². The number of nitrogens with one attached hydrogen (secondary N) is 1. The molecule has 0 amide bonds. The molecule has 0 spiro atoms. The average Bonchev–Trinajstić information content (AvgIpc) is 3.10. The van der Waals surface area contributed by atoms with E-state index in [4.69, 9.17) is 21.1 Å². The van der Waals surface area contributed by atoms with Gasteiger partial charge in [-0.25, -0.2) is 4.98 Å². The Balaban J connectivity index is 1.61. The van der Waals surface area contributed by atoms with Gasteiger partial charge in [-0.3, -0.25) is 0 Å². The van der Waals surface area contributed by atoms with Gasteiger partial charge in [-0.1, -0.05) is 35.9 Å². The van der Waals surface area contributed by atoms with Gasteiger partial charge < -0.3 is 14.8 Å². The van der Waals surface area contributed by atoms with Gasteiger partial charge in [0.2, 0.25) is 0 Å². The fourth-order valence-electron chi connectivity index (χ4n) is 2.48. The van der Waals surface area contributed by atoms with E-state index in [1.54, 1.807) is 25.6 Å². The van der Waals surface area contributed by atoms with Crippen molar-refractivity contribution in [3.05, 3.63) is 64.3 Å². The summed E-state index contributed by atoms with van der Waals surface area (Å²) in [5.74, 6) is 1.47. The van der Waals surface area contributed by atoms with Gasteiger partial charge >= 0.3 is 0 Å². The number of ether oxygens (including phenoxy) is 2. The molecular formula is C19H19ClN2O2S. The molecule has 4 nitrogen and oxygen atoms in total. The number of aromatic nitrogens is 1. The van der Waals surface area contributed by atoms with Crippen LogP contribution in [0.5, 0.6) is 11.5 Å². The van der Waals surface area contributed by atoms with Crippen LogP contribution in [0.25, 0.3) is 10.4 Å². The largest absolute Gasteiger partial charge is 0.493 e. The molecule has 0 atom stereocenters. The molecule has 0 aliphatic heterocycles. The molecule has 6 heteroatoms. The summed E-state index contributed by atoms with van der Waals surface area (Å²) in [4.78, 5) is 5.56. The molecule has 1 N–H and O–H groups in total. The van der Waals surface area contributed by atoms with Crippen molar-refractivity contribution in [2.75, 3.05) is 14.2 Å². The number of nitrogens with zero attached hydrogens (tertiary/aromatic N) is 1. The van der Waals surface area contributed by atoms with E-state index >= 15 is 0 Å². The number of hydrogen-bond donors (Lipinski definition) is 1. The first kappa shape index (κ1) is 17.7. The fraction of sp³-hybridized carbons (Fsp3) is 0.211. The number of halogens is 1. The highest BCUT2D eigenvalue weighted by Crippen LogP contribution is 2.32. The van der Waals surface area contributed by atoms with Crippen LogP contribution in [0.15, 0.2) is 48.7 Å². The second-order valence-corrected chi connectivity index (χ2v) is 6.91. The van der Waals surface area contributed by atoms with Crippen LogP contribution in [0, 0.1) is 0 Å². The van der Waals surface area contributed by atoms with Gasteiger partial charge in [-0.2, -0.15) is 0 Å². The zero-order valence-electron chi connectivity index (χ0n) is 14.1. The Morgan fingerprint density at radius 1 is 1.04 bits per heavy atom. The molecular weight excluding hydrogens is 356 g/mol. The first-order chi connectivity index (χ1) is 12.2. The molecule has 1 aromatic heterocycles. The second-order valence-electron chi connectivity index (χ2n) is 5.39. The van der Waals surface area contributed by atoms with Crippen molar-refractivity contribution >= 4 is 22.9 Å². The zero-order chi connectivity index (χ0) is 17.6. The molecule has 1 heterocycles. The van der Waals surface area contributed by atoms with Gasteiger partial charge in [0.05, 0.1) is 19.1 Å². The predicted molar refractivity (Wildman–Crippen MR) is 103 cm³/mol. The van der Waals surface area contributed by atoms with Crippen LogP contribution in [-0.2, 0) is 13.1 Å². The second kappa shape index (κ2) is 8.34. The monoisotopic (exact) mass is 374 g/mol. The maximum Gasteiger partial charge on any atom is 0.161 e. The quantitative estimate of drug-likeness (QED) is 0.646. The molecule has 0 bridgehead atoms. The van der Waals surface area contributed by atoms with E-state index in [9.17, 15) is 0 Å². The summed E-state index contributed by atoms with van der Waals surface area (Å²) in [6.07, 6.45) is 1.87. The van der Waals surface area contributed by atoms with Gasteiger partial charge in [0, 0.05) is 29.9 Å². The van der Waals surface area contributed by atoms with Crippen LogP contribution >= 0.6 is 22.9 Å². The summed E-state index contributed by atoms with van der Waals surface area (Å²) in [6, 6.07) is 13.7. The third-order valence-corrected chi connectivity index (χ3v) is 5.11. The highest BCUT2D eigenvalue weighted by atomic mass is 35.5. The number of rotatable bonds is 7. The van der Waals surface area contributed by atoms with Crippen LogP contribution in [0.3, 0.4) is 0 Å². The number of thiazole rings is 1. The Morgan fingerprint density at radius 3 is 2.60 bits per heavy atom. The molecule has 3 rings (SSSR count). The van der Waals surface area contributed by atoms with Crippen molar-refractivity contribution in [3.63, 3.8) is 0 Å². The predicted octanol–water partition coefficient (Wildman–Crippen LogP) is 4.77. The van der Waals surface area contributed by atoms with Gasteiger partial charge in [0.25, 0.3) is 0 Å². The molecule has 0 aliphatic carbocycles. The van der Waals surface area contributed by atoms with Crippen molar-refractivity contribution in [2.24, 2.45) is 0 Å². The Hall–Kier alpha value is -2.08. The van der Waals surface area contributed by atoms with Crippen molar-refractivity contribution in [1.29, 1.82) is 0 Å². The van der Waals surface area contributed by atoms with E-state index in [1.807, 2.05) is 48.7 Å². The molecule has 2 aromatic carbocycles. The Kier molecular flexibility index (Phi) is 5.91. The third-order valence-electron chi connectivity index (χ3n) is 3.75. The Morgan fingerprint density at radius 2 is 1.84 bits per heavy atom. The first-order valence-electron chi connectivity index (χ1n) is 7.82. The minimum atomic E-state index is 0.698. The maximum absolute atomic E-state index is 6.25. The van der Waals surface area contributed by atoms with Crippen molar-refractivity contribution < 1.29 is 9.47 Å². The van der Waals surface area contributed by atoms with Crippen molar-refractivity contribution in [1.82, 2.24) is 10.3 Å². The maximum atomic E-state index is 6.25. The summed E-state index contributed by atoms with van der Waals surface area (Å²) in [7, 11) is 3.27. The van der Waals surface area contributed by atoms with Gasteiger partial charge in [0.15, 0.2) is 11.5 Å². The molecule has 25 heavy (non-hydrogen) atoms. The lowest BCUT2D eigenvalue weighted by Crippen LogP contribution is -2.12. The molecule has 0 unspecified atom stereocenters. The highest BCUT2D eigenvalue weighted by Gasteiger charge is 2.08. The number of hydrogen-bond acceptors (Lipinski definition) is 5. The van der Waals surface area contributed by atoms with Gasteiger partial charge in [0.1, 0.15) is 5.01 Å².